The predicted molar refractivity (Wildman–Crippen MR) is 97.4 cm³/mol. The molecular weight excluding hydrogens is 346 g/mol. The lowest BCUT2D eigenvalue weighted by Crippen LogP contribution is -2.44. The van der Waals surface area contributed by atoms with Crippen molar-refractivity contribution in [3.05, 3.63) is 30.2 Å². The van der Waals surface area contributed by atoms with Crippen LogP contribution in [-0.4, -0.2) is 58.6 Å². The van der Waals surface area contributed by atoms with E-state index in [9.17, 15) is 9.59 Å². The van der Waals surface area contributed by atoms with Crippen LogP contribution in [0.3, 0.4) is 0 Å². The van der Waals surface area contributed by atoms with Crippen LogP contribution in [0.5, 0.6) is 0 Å². The molecule has 4 rings (SSSR count). The third kappa shape index (κ3) is 2.88. The molecule has 7 nitrogen and oxygen atoms in total. The molecule has 2 fully saturated rings. The second-order valence-electron chi connectivity index (χ2n) is 7.97. The first kappa shape index (κ1) is 18.2. The molecule has 4 heterocycles. The van der Waals surface area contributed by atoms with Crippen LogP contribution in [-0.2, 0) is 20.9 Å². The summed E-state index contributed by atoms with van der Waals surface area (Å²) in [5, 5.41) is 3.68. The number of amides is 2. The Bertz CT molecular complexity index is 742. The van der Waals surface area contributed by atoms with E-state index in [4.69, 9.17) is 9.26 Å². The van der Waals surface area contributed by atoms with E-state index in [1.807, 2.05) is 17.1 Å². The van der Waals surface area contributed by atoms with Crippen LogP contribution in [0.25, 0.3) is 0 Å². The molecule has 146 valence electrons. The van der Waals surface area contributed by atoms with Gasteiger partial charge in [-0.2, -0.15) is 0 Å². The number of ether oxygens (including phenoxy) is 1. The Morgan fingerprint density at radius 1 is 1.44 bits per heavy atom. The Kier molecular flexibility index (Phi) is 4.58. The maximum atomic E-state index is 13.2. The average molecular weight is 373 g/mol. The molecule has 2 amide bonds. The molecule has 4 atom stereocenters. The zero-order valence-electron chi connectivity index (χ0n) is 16.1. The monoisotopic (exact) mass is 373 g/mol. The zero-order valence-corrected chi connectivity index (χ0v) is 16.1. The Morgan fingerprint density at radius 2 is 2.22 bits per heavy atom. The van der Waals surface area contributed by atoms with Gasteiger partial charge in [-0.05, 0) is 5.92 Å². The van der Waals surface area contributed by atoms with E-state index < -0.39 is 17.4 Å². The number of carbonyl (C=O) groups excluding carboxylic acids is 2. The molecule has 1 spiro atoms. The van der Waals surface area contributed by atoms with Crippen LogP contribution >= 0.6 is 0 Å². The summed E-state index contributed by atoms with van der Waals surface area (Å²) in [6.07, 6.45) is 7.28. The Balaban J connectivity index is 1.53. The summed E-state index contributed by atoms with van der Waals surface area (Å²) in [5.41, 5.74) is -0.638. The number of rotatable bonds is 7. The van der Waals surface area contributed by atoms with E-state index in [1.54, 1.807) is 24.2 Å². The number of nitrogens with zero attached hydrogens (tertiary/aromatic N) is 3. The van der Waals surface area contributed by atoms with Crippen molar-refractivity contribution < 1.29 is 18.8 Å². The summed E-state index contributed by atoms with van der Waals surface area (Å²) in [4.78, 5) is 29.9. The quantitative estimate of drug-likeness (QED) is 0.682. The fraction of sp³-hybridized carbons (Fsp3) is 0.650. The molecule has 3 aliphatic rings. The van der Waals surface area contributed by atoms with E-state index in [-0.39, 0.29) is 17.9 Å². The smallest absolute Gasteiger partial charge is 0.230 e. The highest BCUT2D eigenvalue weighted by Gasteiger charge is 2.67. The molecule has 27 heavy (non-hydrogen) atoms. The van der Waals surface area contributed by atoms with Gasteiger partial charge in [0.2, 0.25) is 11.8 Å². The molecule has 7 heteroatoms. The Morgan fingerprint density at radius 3 is 2.89 bits per heavy atom. The van der Waals surface area contributed by atoms with Crippen molar-refractivity contribution in [2.45, 2.75) is 44.9 Å². The zero-order chi connectivity index (χ0) is 19.2. The van der Waals surface area contributed by atoms with Crippen molar-refractivity contribution in [3.8, 4) is 0 Å². The van der Waals surface area contributed by atoms with E-state index >= 15 is 0 Å². The minimum atomic E-state index is -0.638. The van der Waals surface area contributed by atoms with Gasteiger partial charge in [0.25, 0.3) is 0 Å². The number of aromatic nitrogens is 1. The van der Waals surface area contributed by atoms with Crippen LogP contribution in [0, 0.1) is 17.8 Å². The van der Waals surface area contributed by atoms with Gasteiger partial charge < -0.3 is 19.1 Å². The van der Waals surface area contributed by atoms with Gasteiger partial charge in [-0.1, -0.05) is 44.0 Å². The molecule has 2 bridgehead atoms. The van der Waals surface area contributed by atoms with Gasteiger partial charge in [-0.3, -0.25) is 9.59 Å². The van der Waals surface area contributed by atoms with Gasteiger partial charge in [0.05, 0.1) is 37.2 Å². The molecular formula is C20H27N3O4. The second-order valence-corrected chi connectivity index (χ2v) is 7.97. The fourth-order valence-corrected chi connectivity index (χ4v) is 4.76. The third-order valence-corrected chi connectivity index (χ3v) is 6.36. The van der Waals surface area contributed by atoms with Crippen molar-refractivity contribution in [3.63, 3.8) is 0 Å². The first-order valence-electron chi connectivity index (χ1n) is 9.79. The van der Waals surface area contributed by atoms with Gasteiger partial charge in [0, 0.05) is 19.7 Å². The first-order chi connectivity index (χ1) is 13.0. The lowest BCUT2D eigenvalue weighted by molar-refractivity contribution is -0.143. The van der Waals surface area contributed by atoms with Crippen molar-refractivity contribution in [2.75, 3.05) is 20.1 Å². The van der Waals surface area contributed by atoms with Gasteiger partial charge >= 0.3 is 0 Å². The standard InChI is InChI=1S/C20H27N3O4/c1-4-13(5-2)10-23-12-20-8-6-15(26-20)16(17(20)19(23)25)18(24)22(3)11-14-7-9-21-27-14/h6-9,13,15-17H,4-5,10-12H2,1-3H3/t15-,16?,17?,20-/m1/s1. The molecule has 0 aliphatic carbocycles. The van der Waals surface area contributed by atoms with Gasteiger partial charge in [-0.15, -0.1) is 0 Å². The molecule has 2 unspecified atom stereocenters. The number of hydrogen-bond acceptors (Lipinski definition) is 5. The largest absolute Gasteiger partial charge is 0.360 e. The Hall–Kier alpha value is -2.15. The number of carbonyl (C=O) groups is 2. The lowest BCUT2D eigenvalue weighted by atomic mass is 9.76. The van der Waals surface area contributed by atoms with Crippen LogP contribution in [0.2, 0.25) is 0 Å². The van der Waals surface area contributed by atoms with Crippen molar-refractivity contribution in [1.29, 1.82) is 0 Å². The topological polar surface area (TPSA) is 75.9 Å². The molecule has 2 saturated heterocycles. The average Bonchev–Trinajstić information content (AvgIpc) is 3.42. The highest BCUT2D eigenvalue weighted by atomic mass is 16.5. The molecule has 3 aliphatic heterocycles. The minimum Gasteiger partial charge on any atom is -0.360 e. The third-order valence-electron chi connectivity index (χ3n) is 6.36. The summed E-state index contributed by atoms with van der Waals surface area (Å²) >= 11 is 0. The van der Waals surface area contributed by atoms with Crippen molar-refractivity contribution in [1.82, 2.24) is 15.0 Å². The van der Waals surface area contributed by atoms with Crippen molar-refractivity contribution >= 4 is 11.8 Å². The minimum absolute atomic E-state index is 0.0557. The van der Waals surface area contributed by atoms with Crippen LogP contribution < -0.4 is 0 Å². The summed E-state index contributed by atoms with van der Waals surface area (Å²) in [6, 6.07) is 1.74. The van der Waals surface area contributed by atoms with E-state index in [1.165, 1.54) is 0 Å². The first-order valence-corrected chi connectivity index (χ1v) is 9.79. The van der Waals surface area contributed by atoms with Gasteiger partial charge in [-0.25, -0.2) is 0 Å². The summed E-state index contributed by atoms with van der Waals surface area (Å²) in [6.45, 7) is 5.93. The summed E-state index contributed by atoms with van der Waals surface area (Å²) in [5.74, 6) is 0.182. The summed E-state index contributed by atoms with van der Waals surface area (Å²) < 4.78 is 11.3. The maximum absolute atomic E-state index is 13.2. The van der Waals surface area contributed by atoms with Gasteiger partial charge in [0.15, 0.2) is 5.76 Å². The van der Waals surface area contributed by atoms with Crippen LogP contribution in [0.4, 0.5) is 0 Å². The molecule has 0 N–H and O–H groups in total. The SMILES string of the molecule is CCC(CC)CN1C[C@@]23C=C[C@@H](O2)C(C(=O)N(C)Cc2ccno2)C3C1=O. The normalized spacial score (nSPS) is 31.2. The predicted octanol–water partition coefficient (Wildman–Crippen LogP) is 1.85. The van der Waals surface area contributed by atoms with Gasteiger partial charge in [0.1, 0.15) is 5.60 Å². The maximum Gasteiger partial charge on any atom is 0.230 e. The fourth-order valence-electron chi connectivity index (χ4n) is 4.76. The van der Waals surface area contributed by atoms with Crippen LogP contribution in [0.15, 0.2) is 28.9 Å². The van der Waals surface area contributed by atoms with E-state index in [2.05, 4.69) is 19.0 Å². The van der Waals surface area contributed by atoms with E-state index in [0.29, 0.717) is 24.8 Å². The molecule has 0 aromatic carbocycles. The number of fused-ring (bicyclic) bond motifs is 1. The molecule has 0 radical (unpaired) electrons. The van der Waals surface area contributed by atoms with Crippen molar-refractivity contribution in [2.24, 2.45) is 17.8 Å². The van der Waals surface area contributed by atoms with Crippen LogP contribution in [0.1, 0.15) is 32.4 Å². The number of hydrogen-bond donors (Lipinski definition) is 0. The highest BCUT2D eigenvalue weighted by Crippen LogP contribution is 2.52. The van der Waals surface area contributed by atoms with E-state index in [0.717, 1.165) is 19.4 Å². The molecule has 0 saturated carbocycles. The Labute approximate surface area is 159 Å². The molecule has 1 aromatic rings. The number of likely N-dealkylation sites (tertiary alicyclic amines) is 1. The molecule has 1 aromatic heterocycles. The highest BCUT2D eigenvalue weighted by molar-refractivity contribution is 5.93. The lowest BCUT2D eigenvalue weighted by Gasteiger charge is -2.27. The second kappa shape index (κ2) is 6.78. The summed E-state index contributed by atoms with van der Waals surface area (Å²) in [7, 11) is 1.73.